The van der Waals surface area contributed by atoms with Gasteiger partial charge in [-0.1, -0.05) is 0 Å². The van der Waals surface area contributed by atoms with E-state index in [0.717, 1.165) is 31.0 Å². The molecule has 0 bridgehead atoms. The van der Waals surface area contributed by atoms with Gasteiger partial charge in [-0.3, -0.25) is 4.98 Å². The van der Waals surface area contributed by atoms with Crippen molar-refractivity contribution < 1.29 is 5.11 Å². The van der Waals surface area contributed by atoms with Gasteiger partial charge in [-0.05, 0) is 26.7 Å². The molecule has 90 valence electrons. The Morgan fingerprint density at radius 1 is 1.38 bits per heavy atom. The van der Waals surface area contributed by atoms with Gasteiger partial charge in [-0.25, -0.2) is 4.98 Å². The van der Waals surface area contributed by atoms with Crippen LogP contribution in [0.3, 0.4) is 0 Å². The average Bonchev–Trinajstić information content (AvgIpc) is 2.27. The highest BCUT2D eigenvalue weighted by atomic mass is 16.2. The maximum absolute atomic E-state index is 8.73. The van der Waals surface area contributed by atoms with Gasteiger partial charge in [0.25, 0.3) is 0 Å². The number of anilines is 2. The Morgan fingerprint density at radius 3 is 2.81 bits per heavy atom. The molecule has 5 heteroatoms. The molecule has 0 aliphatic rings. The zero-order chi connectivity index (χ0) is 11.8. The lowest BCUT2D eigenvalue weighted by Gasteiger charge is -2.14. The monoisotopic (exact) mass is 224 g/mol. The molecule has 0 saturated carbocycles. The molecule has 0 aliphatic heterocycles. The van der Waals surface area contributed by atoms with Gasteiger partial charge in [0, 0.05) is 19.2 Å². The molecule has 1 aromatic heterocycles. The summed E-state index contributed by atoms with van der Waals surface area (Å²) in [7, 11) is 0. The van der Waals surface area contributed by atoms with Gasteiger partial charge in [0.2, 0.25) is 0 Å². The Balaban J connectivity index is 2.49. The first-order chi connectivity index (χ1) is 7.76. The normalized spacial score (nSPS) is 12.2. The van der Waals surface area contributed by atoms with Crippen LogP contribution < -0.4 is 10.6 Å². The molecule has 0 amide bonds. The fourth-order valence-electron chi connectivity index (χ4n) is 1.42. The Labute approximate surface area is 96.3 Å². The maximum Gasteiger partial charge on any atom is 0.147 e. The molecule has 1 heterocycles. The minimum Gasteiger partial charge on any atom is -0.396 e. The van der Waals surface area contributed by atoms with Crippen LogP contribution >= 0.6 is 0 Å². The summed E-state index contributed by atoms with van der Waals surface area (Å²) in [5, 5.41) is 15.1. The summed E-state index contributed by atoms with van der Waals surface area (Å²) in [6.07, 6.45) is 5.13. The third-order valence-electron chi connectivity index (χ3n) is 2.18. The van der Waals surface area contributed by atoms with Crippen LogP contribution in [0.25, 0.3) is 0 Å². The number of aromatic nitrogens is 2. The molecule has 1 rings (SSSR count). The fourth-order valence-corrected chi connectivity index (χ4v) is 1.42. The van der Waals surface area contributed by atoms with Crippen LogP contribution in [-0.4, -0.2) is 34.3 Å². The van der Waals surface area contributed by atoms with E-state index in [1.165, 1.54) is 0 Å². The Bertz CT molecular complexity index is 306. The first-order valence-electron chi connectivity index (χ1n) is 5.69. The summed E-state index contributed by atoms with van der Waals surface area (Å²) < 4.78 is 0. The maximum atomic E-state index is 8.73. The standard InChI is InChI=1S/C11H20N4O/c1-3-13-10-7-12-8-11(15-10)14-9(2)5-4-6-16/h7-9,16H,3-6H2,1-2H3,(H2,13,14,15). The minimum atomic E-state index is 0.231. The average molecular weight is 224 g/mol. The summed E-state index contributed by atoms with van der Waals surface area (Å²) in [5.41, 5.74) is 0. The molecule has 0 fully saturated rings. The fraction of sp³-hybridized carbons (Fsp3) is 0.636. The highest BCUT2D eigenvalue weighted by molar-refractivity contribution is 5.41. The lowest BCUT2D eigenvalue weighted by molar-refractivity contribution is 0.282. The van der Waals surface area contributed by atoms with E-state index in [1.54, 1.807) is 12.4 Å². The van der Waals surface area contributed by atoms with Crippen molar-refractivity contribution in [3.63, 3.8) is 0 Å². The summed E-state index contributed by atoms with van der Waals surface area (Å²) in [5.74, 6) is 1.55. The van der Waals surface area contributed by atoms with Crippen molar-refractivity contribution in [2.24, 2.45) is 0 Å². The first kappa shape index (κ1) is 12.7. The SMILES string of the molecule is CCNc1cncc(NC(C)CCCO)n1. The molecule has 1 unspecified atom stereocenters. The van der Waals surface area contributed by atoms with Gasteiger partial charge in [0.1, 0.15) is 11.6 Å². The first-order valence-corrected chi connectivity index (χ1v) is 5.69. The highest BCUT2D eigenvalue weighted by Crippen LogP contribution is 2.09. The summed E-state index contributed by atoms with van der Waals surface area (Å²) >= 11 is 0. The second kappa shape index (κ2) is 7.00. The third kappa shape index (κ3) is 4.44. The van der Waals surface area contributed by atoms with Crippen LogP contribution in [0, 0.1) is 0 Å². The predicted molar refractivity (Wildman–Crippen MR) is 65.6 cm³/mol. The molecule has 0 saturated heterocycles. The van der Waals surface area contributed by atoms with Gasteiger partial charge < -0.3 is 15.7 Å². The van der Waals surface area contributed by atoms with Gasteiger partial charge in [-0.2, -0.15) is 0 Å². The lowest BCUT2D eigenvalue weighted by atomic mass is 10.2. The second-order valence-corrected chi connectivity index (χ2v) is 3.73. The predicted octanol–water partition coefficient (Wildman–Crippen LogP) is 1.48. The number of aliphatic hydroxyl groups is 1. The lowest BCUT2D eigenvalue weighted by Crippen LogP contribution is -2.17. The molecule has 0 aliphatic carbocycles. The smallest absolute Gasteiger partial charge is 0.147 e. The van der Waals surface area contributed by atoms with E-state index in [4.69, 9.17) is 5.11 Å². The molecular weight excluding hydrogens is 204 g/mol. The summed E-state index contributed by atoms with van der Waals surface area (Å²) in [6, 6.07) is 0.290. The zero-order valence-corrected chi connectivity index (χ0v) is 9.90. The highest BCUT2D eigenvalue weighted by Gasteiger charge is 2.03. The van der Waals surface area contributed by atoms with E-state index in [0.29, 0.717) is 6.04 Å². The number of nitrogens with one attached hydrogen (secondary N) is 2. The molecule has 0 radical (unpaired) electrons. The summed E-state index contributed by atoms with van der Waals surface area (Å²) in [4.78, 5) is 8.46. The van der Waals surface area contributed by atoms with E-state index in [1.807, 2.05) is 6.92 Å². The molecule has 16 heavy (non-hydrogen) atoms. The molecule has 1 aromatic rings. The van der Waals surface area contributed by atoms with Crippen molar-refractivity contribution in [3.8, 4) is 0 Å². The minimum absolute atomic E-state index is 0.231. The molecule has 0 spiro atoms. The van der Waals surface area contributed by atoms with E-state index < -0.39 is 0 Å². The van der Waals surface area contributed by atoms with Gasteiger partial charge >= 0.3 is 0 Å². The van der Waals surface area contributed by atoms with E-state index >= 15 is 0 Å². The Hall–Kier alpha value is -1.36. The van der Waals surface area contributed by atoms with Crippen molar-refractivity contribution in [2.45, 2.75) is 32.7 Å². The van der Waals surface area contributed by atoms with Crippen molar-refractivity contribution >= 4 is 11.6 Å². The van der Waals surface area contributed by atoms with Crippen molar-refractivity contribution in [3.05, 3.63) is 12.4 Å². The molecule has 0 aromatic carbocycles. The molecule has 5 nitrogen and oxygen atoms in total. The Kier molecular flexibility index (Phi) is 5.56. The van der Waals surface area contributed by atoms with Crippen LogP contribution in [0.4, 0.5) is 11.6 Å². The number of hydrogen-bond acceptors (Lipinski definition) is 5. The van der Waals surface area contributed by atoms with Crippen LogP contribution in [0.1, 0.15) is 26.7 Å². The molecule has 1 atom stereocenters. The van der Waals surface area contributed by atoms with Crippen molar-refractivity contribution in [1.29, 1.82) is 0 Å². The van der Waals surface area contributed by atoms with E-state index in [-0.39, 0.29) is 6.61 Å². The van der Waals surface area contributed by atoms with Crippen LogP contribution in [-0.2, 0) is 0 Å². The number of rotatable bonds is 7. The van der Waals surface area contributed by atoms with Crippen LogP contribution in [0.15, 0.2) is 12.4 Å². The van der Waals surface area contributed by atoms with Gasteiger partial charge in [-0.15, -0.1) is 0 Å². The van der Waals surface area contributed by atoms with E-state index in [9.17, 15) is 0 Å². The number of nitrogens with zero attached hydrogens (tertiary/aromatic N) is 2. The Morgan fingerprint density at radius 2 is 2.12 bits per heavy atom. The van der Waals surface area contributed by atoms with Gasteiger partial charge in [0.05, 0.1) is 12.4 Å². The molecular formula is C11H20N4O. The molecule has 3 N–H and O–H groups in total. The third-order valence-corrected chi connectivity index (χ3v) is 2.18. The largest absolute Gasteiger partial charge is 0.396 e. The summed E-state index contributed by atoms with van der Waals surface area (Å²) in [6.45, 7) is 5.15. The topological polar surface area (TPSA) is 70.1 Å². The van der Waals surface area contributed by atoms with Crippen LogP contribution in [0.2, 0.25) is 0 Å². The van der Waals surface area contributed by atoms with Crippen molar-refractivity contribution in [1.82, 2.24) is 9.97 Å². The number of aliphatic hydroxyl groups excluding tert-OH is 1. The van der Waals surface area contributed by atoms with Gasteiger partial charge in [0.15, 0.2) is 0 Å². The number of hydrogen-bond donors (Lipinski definition) is 3. The van der Waals surface area contributed by atoms with Crippen molar-refractivity contribution in [2.75, 3.05) is 23.8 Å². The zero-order valence-electron chi connectivity index (χ0n) is 9.90. The second-order valence-electron chi connectivity index (χ2n) is 3.73. The van der Waals surface area contributed by atoms with Crippen LogP contribution in [0.5, 0.6) is 0 Å². The van der Waals surface area contributed by atoms with E-state index in [2.05, 4.69) is 27.5 Å². The quantitative estimate of drug-likeness (QED) is 0.654.